The van der Waals surface area contributed by atoms with Gasteiger partial charge in [-0.2, -0.15) is 0 Å². The monoisotopic (exact) mass is 508 g/mol. The summed E-state index contributed by atoms with van der Waals surface area (Å²) in [5, 5.41) is 8.14. The summed E-state index contributed by atoms with van der Waals surface area (Å²) in [6.45, 7) is 6.19. The second-order valence-electron chi connectivity index (χ2n) is 7.85. The number of nitrogens with one attached hydrogen (secondary N) is 1. The van der Waals surface area contributed by atoms with Crippen LogP contribution in [0.2, 0.25) is 5.02 Å². The number of carbonyl (C=O) groups excluding carboxylic acids is 1. The predicted octanol–water partition coefficient (Wildman–Crippen LogP) is 7.03. The van der Waals surface area contributed by atoms with E-state index < -0.39 is 0 Å². The number of nitrogens with zero attached hydrogens (tertiary/aromatic N) is 3. The van der Waals surface area contributed by atoms with Gasteiger partial charge < -0.3 is 5.32 Å². The first-order valence-corrected chi connectivity index (χ1v) is 11.4. The van der Waals surface area contributed by atoms with Gasteiger partial charge in [0.15, 0.2) is 5.82 Å². The molecule has 5 nitrogen and oxygen atoms in total. The van der Waals surface area contributed by atoms with Gasteiger partial charge in [-0.3, -0.25) is 4.79 Å². The van der Waals surface area contributed by atoms with Crippen LogP contribution in [0.25, 0.3) is 17.1 Å². The number of aromatic nitrogens is 3. The standard InChI is InChI=1S/C25H22BrClN4O/c1-15(2)21-14-18(26)8-13-22(21)28-25(32)23-29-24(17-6-4-16(3)5-7-17)31(30-23)20-11-9-19(27)10-12-20/h4-15H,1-3H3,(H,28,32). The minimum Gasteiger partial charge on any atom is -0.319 e. The summed E-state index contributed by atoms with van der Waals surface area (Å²) in [5.41, 5.74) is 4.55. The third-order valence-electron chi connectivity index (χ3n) is 5.08. The third-order valence-corrected chi connectivity index (χ3v) is 5.82. The Bertz CT molecular complexity index is 1200. The summed E-state index contributed by atoms with van der Waals surface area (Å²) in [6, 6.07) is 21.0. The lowest BCUT2D eigenvalue weighted by Crippen LogP contribution is -2.16. The Morgan fingerprint density at radius 1 is 1.03 bits per heavy atom. The first-order chi connectivity index (χ1) is 15.3. The number of carbonyl (C=O) groups is 1. The van der Waals surface area contributed by atoms with E-state index >= 15 is 0 Å². The smallest absolute Gasteiger partial charge is 0.295 e. The van der Waals surface area contributed by atoms with E-state index in [2.05, 4.69) is 45.2 Å². The Balaban J connectivity index is 1.75. The molecule has 162 valence electrons. The average molecular weight is 510 g/mol. The number of aryl methyl sites for hydroxylation is 1. The quantitative estimate of drug-likeness (QED) is 0.314. The van der Waals surface area contributed by atoms with Gasteiger partial charge in [0, 0.05) is 20.7 Å². The van der Waals surface area contributed by atoms with E-state index in [1.807, 2.05) is 61.5 Å². The second kappa shape index (κ2) is 9.27. The molecule has 32 heavy (non-hydrogen) atoms. The number of halogens is 2. The molecule has 1 aromatic heterocycles. The van der Waals surface area contributed by atoms with Gasteiger partial charge >= 0.3 is 0 Å². The van der Waals surface area contributed by atoms with Gasteiger partial charge in [-0.25, -0.2) is 9.67 Å². The molecule has 3 aromatic carbocycles. The SMILES string of the molecule is Cc1ccc(-c2nc(C(=O)Nc3ccc(Br)cc3C(C)C)nn2-c2ccc(Cl)cc2)cc1. The van der Waals surface area contributed by atoms with Crippen molar-refractivity contribution >= 4 is 39.1 Å². The maximum atomic E-state index is 13.1. The van der Waals surface area contributed by atoms with Crippen LogP contribution in [0.15, 0.2) is 71.2 Å². The largest absolute Gasteiger partial charge is 0.319 e. The maximum absolute atomic E-state index is 13.1. The molecule has 1 N–H and O–H groups in total. The number of amides is 1. The third kappa shape index (κ3) is 4.76. The van der Waals surface area contributed by atoms with E-state index in [0.717, 1.165) is 32.5 Å². The molecule has 0 saturated carbocycles. The Morgan fingerprint density at radius 2 is 1.72 bits per heavy atom. The van der Waals surface area contributed by atoms with E-state index in [4.69, 9.17) is 11.6 Å². The van der Waals surface area contributed by atoms with E-state index in [1.54, 1.807) is 16.8 Å². The lowest BCUT2D eigenvalue weighted by molar-refractivity contribution is 0.101. The van der Waals surface area contributed by atoms with Crippen molar-refractivity contribution in [2.75, 3.05) is 5.32 Å². The van der Waals surface area contributed by atoms with Crippen molar-refractivity contribution in [3.8, 4) is 17.1 Å². The van der Waals surface area contributed by atoms with Crippen molar-refractivity contribution in [2.45, 2.75) is 26.7 Å². The van der Waals surface area contributed by atoms with Crippen LogP contribution >= 0.6 is 27.5 Å². The maximum Gasteiger partial charge on any atom is 0.295 e. The van der Waals surface area contributed by atoms with Crippen LogP contribution < -0.4 is 5.32 Å². The Labute approximate surface area is 200 Å². The van der Waals surface area contributed by atoms with Gasteiger partial charge in [0.2, 0.25) is 5.82 Å². The number of rotatable bonds is 5. The summed E-state index contributed by atoms with van der Waals surface area (Å²) in [5.74, 6) is 0.548. The van der Waals surface area contributed by atoms with Crippen LogP contribution in [0.5, 0.6) is 0 Å². The molecule has 0 radical (unpaired) electrons. The molecule has 0 unspecified atom stereocenters. The van der Waals surface area contributed by atoms with Gasteiger partial charge in [0.05, 0.1) is 5.69 Å². The highest BCUT2D eigenvalue weighted by Crippen LogP contribution is 2.28. The lowest BCUT2D eigenvalue weighted by atomic mass is 10.0. The summed E-state index contributed by atoms with van der Waals surface area (Å²) >= 11 is 9.56. The van der Waals surface area contributed by atoms with Gasteiger partial charge in [-0.05, 0) is 60.9 Å². The molecule has 0 aliphatic carbocycles. The van der Waals surface area contributed by atoms with Crippen LogP contribution in [-0.4, -0.2) is 20.7 Å². The second-order valence-corrected chi connectivity index (χ2v) is 9.21. The molecule has 0 aliphatic heterocycles. The highest BCUT2D eigenvalue weighted by atomic mass is 79.9. The normalized spacial score (nSPS) is 11.1. The molecule has 4 rings (SSSR count). The minimum absolute atomic E-state index is 0.0909. The molecule has 0 saturated heterocycles. The van der Waals surface area contributed by atoms with Gasteiger partial charge in [-0.1, -0.05) is 71.2 Å². The van der Waals surface area contributed by atoms with Crippen molar-refractivity contribution in [1.82, 2.24) is 14.8 Å². The fraction of sp³-hybridized carbons (Fsp3) is 0.160. The summed E-state index contributed by atoms with van der Waals surface area (Å²) < 4.78 is 2.63. The fourth-order valence-electron chi connectivity index (χ4n) is 3.36. The van der Waals surface area contributed by atoms with Gasteiger partial charge in [0.1, 0.15) is 0 Å². The zero-order chi connectivity index (χ0) is 22.8. The molecule has 0 atom stereocenters. The van der Waals surface area contributed by atoms with Crippen LogP contribution in [0, 0.1) is 6.92 Å². The highest BCUT2D eigenvalue weighted by molar-refractivity contribution is 9.10. The Kier molecular flexibility index (Phi) is 6.44. The zero-order valence-corrected chi connectivity index (χ0v) is 20.3. The fourth-order valence-corrected chi connectivity index (χ4v) is 3.87. The van der Waals surface area contributed by atoms with E-state index in [0.29, 0.717) is 10.8 Å². The van der Waals surface area contributed by atoms with Crippen molar-refractivity contribution in [3.63, 3.8) is 0 Å². The molecule has 0 fully saturated rings. The van der Waals surface area contributed by atoms with Crippen molar-refractivity contribution in [1.29, 1.82) is 0 Å². The first kappa shape index (κ1) is 22.2. The Hall–Kier alpha value is -2.96. The summed E-state index contributed by atoms with van der Waals surface area (Å²) in [6.07, 6.45) is 0. The molecular formula is C25H22BrClN4O. The highest BCUT2D eigenvalue weighted by Gasteiger charge is 2.20. The van der Waals surface area contributed by atoms with Crippen LogP contribution in [0.1, 0.15) is 41.5 Å². The molecule has 0 aliphatic rings. The first-order valence-electron chi connectivity index (χ1n) is 10.2. The lowest BCUT2D eigenvalue weighted by Gasteiger charge is -2.13. The van der Waals surface area contributed by atoms with E-state index in [1.165, 1.54) is 0 Å². The van der Waals surface area contributed by atoms with Gasteiger partial charge in [0.25, 0.3) is 5.91 Å². The molecular weight excluding hydrogens is 488 g/mol. The molecule has 4 aromatic rings. The van der Waals surface area contributed by atoms with Gasteiger partial charge in [-0.15, -0.1) is 5.10 Å². The van der Waals surface area contributed by atoms with Crippen molar-refractivity contribution in [2.24, 2.45) is 0 Å². The molecule has 0 spiro atoms. The van der Waals surface area contributed by atoms with Crippen LogP contribution in [0.3, 0.4) is 0 Å². The number of anilines is 1. The molecule has 1 amide bonds. The van der Waals surface area contributed by atoms with Crippen molar-refractivity contribution in [3.05, 3.63) is 93.2 Å². The molecule has 1 heterocycles. The summed E-state index contributed by atoms with van der Waals surface area (Å²) in [4.78, 5) is 17.7. The van der Waals surface area contributed by atoms with Crippen LogP contribution in [-0.2, 0) is 0 Å². The zero-order valence-electron chi connectivity index (χ0n) is 17.9. The van der Waals surface area contributed by atoms with Crippen LogP contribution in [0.4, 0.5) is 5.69 Å². The number of benzene rings is 3. The molecule has 7 heteroatoms. The number of hydrogen-bond acceptors (Lipinski definition) is 3. The minimum atomic E-state index is -0.365. The van der Waals surface area contributed by atoms with E-state index in [9.17, 15) is 4.79 Å². The predicted molar refractivity (Wildman–Crippen MR) is 133 cm³/mol. The van der Waals surface area contributed by atoms with E-state index in [-0.39, 0.29) is 17.6 Å². The molecule has 0 bridgehead atoms. The topological polar surface area (TPSA) is 59.8 Å². The number of hydrogen-bond donors (Lipinski definition) is 1. The van der Waals surface area contributed by atoms with Crippen molar-refractivity contribution < 1.29 is 4.79 Å². The summed E-state index contributed by atoms with van der Waals surface area (Å²) in [7, 11) is 0. The Morgan fingerprint density at radius 3 is 2.38 bits per heavy atom. The average Bonchev–Trinajstić information content (AvgIpc) is 3.21.